The SMILES string of the molecule is C(=NNc1ccccc1)c1ccc(OCCC2OCCO2)cc1. The molecule has 5 nitrogen and oxygen atoms in total. The minimum absolute atomic E-state index is 0.120. The number of benzene rings is 2. The Kier molecular flexibility index (Phi) is 5.61. The Morgan fingerprint density at radius 3 is 2.52 bits per heavy atom. The Balaban J connectivity index is 1.43. The third-order valence-corrected chi connectivity index (χ3v) is 3.37. The van der Waals surface area contributed by atoms with Crippen LogP contribution in [-0.4, -0.2) is 32.3 Å². The first-order valence-corrected chi connectivity index (χ1v) is 7.70. The number of ether oxygens (including phenoxy) is 3. The zero-order valence-corrected chi connectivity index (χ0v) is 12.9. The van der Waals surface area contributed by atoms with Crippen LogP contribution in [0.15, 0.2) is 59.7 Å². The van der Waals surface area contributed by atoms with Gasteiger partial charge in [0.1, 0.15) is 5.75 Å². The van der Waals surface area contributed by atoms with Crippen molar-refractivity contribution in [2.24, 2.45) is 5.10 Å². The van der Waals surface area contributed by atoms with E-state index in [1.165, 1.54) is 0 Å². The van der Waals surface area contributed by atoms with Gasteiger partial charge in [0.15, 0.2) is 6.29 Å². The third-order valence-electron chi connectivity index (χ3n) is 3.37. The summed E-state index contributed by atoms with van der Waals surface area (Å²) >= 11 is 0. The highest BCUT2D eigenvalue weighted by Crippen LogP contribution is 2.14. The zero-order chi connectivity index (χ0) is 15.7. The standard InChI is InChI=1S/C18H20N2O3/c1-2-4-16(5-3-1)20-19-14-15-6-8-17(9-7-15)21-11-10-18-22-12-13-23-18/h1-9,14,18,20H,10-13H2. The van der Waals surface area contributed by atoms with Gasteiger partial charge >= 0.3 is 0 Å². The molecule has 1 aliphatic heterocycles. The van der Waals surface area contributed by atoms with Gasteiger partial charge in [-0.1, -0.05) is 18.2 Å². The normalized spacial score (nSPS) is 15.1. The molecule has 0 atom stereocenters. The van der Waals surface area contributed by atoms with Crippen LogP contribution in [0.4, 0.5) is 5.69 Å². The molecular weight excluding hydrogens is 292 g/mol. The number of hydrogen-bond donors (Lipinski definition) is 1. The van der Waals surface area contributed by atoms with E-state index in [-0.39, 0.29) is 6.29 Å². The highest BCUT2D eigenvalue weighted by Gasteiger charge is 2.15. The molecule has 1 fully saturated rings. The second kappa shape index (κ2) is 8.31. The minimum Gasteiger partial charge on any atom is -0.493 e. The first kappa shape index (κ1) is 15.5. The third kappa shape index (κ3) is 5.09. The van der Waals surface area contributed by atoms with Crippen molar-refractivity contribution < 1.29 is 14.2 Å². The van der Waals surface area contributed by atoms with Crippen LogP contribution < -0.4 is 10.2 Å². The smallest absolute Gasteiger partial charge is 0.161 e. The molecule has 23 heavy (non-hydrogen) atoms. The monoisotopic (exact) mass is 312 g/mol. The maximum atomic E-state index is 5.68. The molecule has 1 N–H and O–H groups in total. The molecule has 0 aliphatic carbocycles. The van der Waals surface area contributed by atoms with Gasteiger partial charge in [0, 0.05) is 6.42 Å². The van der Waals surface area contributed by atoms with Crippen LogP contribution in [0.2, 0.25) is 0 Å². The van der Waals surface area contributed by atoms with Gasteiger partial charge in [0.25, 0.3) is 0 Å². The Hall–Kier alpha value is -2.37. The maximum Gasteiger partial charge on any atom is 0.161 e. The zero-order valence-electron chi connectivity index (χ0n) is 12.9. The van der Waals surface area contributed by atoms with Gasteiger partial charge < -0.3 is 14.2 Å². The van der Waals surface area contributed by atoms with E-state index in [0.717, 1.165) is 23.4 Å². The molecule has 0 saturated carbocycles. The molecule has 3 rings (SSSR count). The molecule has 0 aromatic heterocycles. The number of hydrazone groups is 1. The predicted molar refractivity (Wildman–Crippen MR) is 89.9 cm³/mol. The molecule has 2 aromatic carbocycles. The quantitative estimate of drug-likeness (QED) is 0.630. The fourth-order valence-electron chi connectivity index (χ4n) is 2.19. The van der Waals surface area contributed by atoms with Crippen molar-refractivity contribution in [1.82, 2.24) is 0 Å². The lowest BCUT2D eigenvalue weighted by Gasteiger charge is -2.10. The molecular formula is C18H20N2O3. The molecule has 1 saturated heterocycles. The van der Waals surface area contributed by atoms with E-state index in [1.54, 1.807) is 6.21 Å². The van der Waals surface area contributed by atoms with Crippen molar-refractivity contribution in [3.8, 4) is 5.75 Å². The van der Waals surface area contributed by atoms with E-state index in [0.29, 0.717) is 19.8 Å². The molecule has 0 bridgehead atoms. The van der Waals surface area contributed by atoms with Crippen molar-refractivity contribution in [1.29, 1.82) is 0 Å². The van der Waals surface area contributed by atoms with Crippen LogP contribution in [0, 0.1) is 0 Å². The number of nitrogens with one attached hydrogen (secondary N) is 1. The Morgan fingerprint density at radius 1 is 1.04 bits per heavy atom. The molecule has 1 heterocycles. The molecule has 0 spiro atoms. The lowest BCUT2D eigenvalue weighted by atomic mass is 10.2. The lowest BCUT2D eigenvalue weighted by Crippen LogP contribution is -2.12. The summed E-state index contributed by atoms with van der Waals surface area (Å²) in [5, 5.41) is 4.21. The number of rotatable bonds is 7. The molecule has 1 aliphatic rings. The summed E-state index contributed by atoms with van der Waals surface area (Å²) in [5.41, 5.74) is 4.95. The second-order valence-electron chi connectivity index (χ2n) is 5.11. The molecule has 5 heteroatoms. The van der Waals surface area contributed by atoms with Gasteiger partial charge in [-0.05, 0) is 42.0 Å². The van der Waals surface area contributed by atoms with Crippen LogP contribution in [0.1, 0.15) is 12.0 Å². The number of para-hydroxylation sites is 1. The summed E-state index contributed by atoms with van der Waals surface area (Å²) in [4.78, 5) is 0. The predicted octanol–water partition coefficient (Wildman–Crippen LogP) is 3.27. The summed E-state index contributed by atoms with van der Waals surface area (Å²) in [5.74, 6) is 0.830. The fourth-order valence-corrected chi connectivity index (χ4v) is 2.19. The number of anilines is 1. The van der Waals surface area contributed by atoms with Gasteiger partial charge in [-0.25, -0.2) is 0 Å². The molecule has 0 amide bonds. The Morgan fingerprint density at radius 2 is 1.78 bits per heavy atom. The van der Waals surface area contributed by atoms with E-state index in [4.69, 9.17) is 14.2 Å². The molecule has 0 radical (unpaired) electrons. The topological polar surface area (TPSA) is 52.1 Å². The van der Waals surface area contributed by atoms with Crippen LogP contribution in [0.25, 0.3) is 0 Å². The summed E-state index contributed by atoms with van der Waals surface area (Å²) < 4.78 is 16.4. The number of hydrogen-bond acceptors (Lipinski definition) is 5. The summed E-state index contributed by atoms with van der Waals surface area (Å²) in [6.07, 6.45) is 2.40. The van der Waals surface area contributed by atoms with Gasteiger partial charge in [0.05, 0.1) is 31.7 Å². The maximum absolute atomic E-state index is 5.68. The molecule has 2 aromatic rings. The van der Waals surface area contributed by atoms with Crippen molar-refractivity contribution in [3.63, 3.8) is 0 Å². The minimum atomic E-state index is -0.120. The lowest BCUT2D eigenvalue weighted by molar-refractivity contribution is -0.0531. The Labute approximate surface area is 135 Å². The van der Waals surface area contributed by atoms with Crippen molar-refractivity contribution in [3.05, 3.63) is 60.2 Å². The van der Waals surface area contributed by atoms with Gasteiger partial charge in [-0.15, -0.1) is 0 Å². The van der Waals surface area contributed by atoms with E-state index < -0.39 is 0 Å². The van der Waals surface area contributed by atoms with E-state index in [2.05, 4.69) is 10.5 Å². The van der Waals surface area contributed by atoms with Gasteiger partial charge in [0.2, 0.25) is 0 Å². The fraction of sp³-hybridized carbons (Fsp3) is 0.278. The summed E-state index contributed by atoms with van der Waals surface area (Å²) in [6.45, 7) is 1.93. The molecule has 0 unspecified atom stereocenters. The summed E-state index contributed by atoms with van der Waals surface area (Å²) in [7, 11) is 0. The first-order chi connectivity index (χ1) is 11.4. The van der Waals surface area contributed by atoms with Crippen LogP contribution in [0.5, 0.6) is 5.75 Å². The average Bonchev–Trinajstić information content (AvgIpc) is 3.11. The van der Waals surface area contributed by atoms with Crippen molar-refractivity contribution in [2.45, 2.75) is 12.7 Å². The van der Waals surface area contributed by atoms with Crippen molar-refractivity contribution in [2.75, 3.05) is 25.2 Å². The van der Waals surface area contributed by atoms with Gasteiger partial charge in [-0.3, -0.25) is 5.43 Å². The second-order valence-corrected chi connectivity index (χ2v) is 5.11. The average molecular weight is 312 g/mol. The van der Waals surface area contributed by atoms with E-state index in [9.17, 15) is 0 Å². The van der Waals surface area contributed by atoms with Crippen LogP contribution in [0.3, 0.4) is 0 Å². The highest BCUT2D eigenvalue weighted by molar-refractivity contribution is 5.80. The Bertz CT molecular complexity index is 608. The molecule has 120 valence electrons. The number of nitrogens with zero attached hydrogens (tertiary/aromatic N) is 1. The first-order valence-electron chi connectivity index (χ1n) is 7.70. The largest absolute Gasteiger partial charge is 0.493 e. The van der Waals surface area contributed by atoms with Crippen molar-refractivity contribution >= 4 is 11.9 Å². The van der Waals surface area contributed by atoms with E-state index in [1.807, 2.05) is 54.6 Å². The van der Waals surface area contributed by atoms with Crippen LogP contribution >= 0.6 is 0 Å². The van der Waals surface area contributed by atoms with Crippen LogP contribution in [-0.2, 0) is 9.47 Å². The highest BCUT2D eigenvalue weighted by atomic mass is 16.7. The van der Waals surface area contributed by atoms with Gasteiger partial charge in [-0.2, -0.15) is 5.10 Å². The summed E-state index contributed by atoms with van der Waals surface area (Å²) in [6, 6.07) is 17.6. The van der Waals surface area contributed by atoms with E-state index >= 15 is 0 Å².